The Labute approximate surface area is 162 Å². The molecule has 2 heterocycles. The summed E-state index contributed by atoms with van der Waals surface area (Å²) >= 11 is 3.44. The topological polar surface area (TPSA) is 98.2 Å². The highest BCUT2D eigenvalue weighted by Crippen LogP contribution is 2.40. The third-order valence-electron chi connectivity index (χ3n) is 5.07. The lowest BCUT2D eigenvalue weighted by Gasteiger charge is -2.37. The minimum atomic E-state index is -1.17. The van der Waals surface area contributed by atoms with Crippen LogP contribution in [0.15, 0.2) is 40.9 Å². The van der Waals surface area contributed by atoms with Crippen molar-refractivity contribution in [3.05, 3.63) is 63.1 Å². The molecule has 0 fully saturated rings. The van der Waals surface area contributed by atoms with Gasteiger partial charge in [-0.15, -0.1) is 0 Å². The van der Waals surface area contributed by atoms with Gasteiger partial charge in [0.2, 0.25) is 0 Å². The summed E-state index contributed by atoms with van der Waals surface area (Å²) in [6.07, 6.45) is -0.739. The van der Waals surface area contributed by atoms with E-state index in [0.29, 0.717) is 23.1 Å². The lowest BCUT2D eigenvalue weighted by Crippen LogP contribution is -2.46. The number of carbonyl (C=O) groups is 3. The predicted octanol–water partition coefficient (Wildman–Crippen LogP) is 3.03. The molecule has 0 aromatic heterocycles. The van der Waals surface area contributed by atoms with E-state index in [2.05, 4.69) is 15.9 Å². The van der Waals surface area contributed by atoms with E-state index in [1.54, 1.807) is 30.3 Å². The number of phenols is 1. The number of carboxylic acid groups (broad SMARTS) is 1. The van der Waals surface area contributed by atoms with Gasteiger partial charge in [0.15, 0.2) is 0 Å². The first-order chi connectivity index (χ1) is 12.9. The van der Waals surface area contributed by atoms with E-state index in [-0.39, 0.29) is 18.8 Å². The molecule has 0 aliphatic carbocycles. The fraction of sp³-hybridized carbons (Fsp3) is 0.211. The number of phenolic OH excluding ortho intramolecular Hbond substituents is 1. The van der Waals surface area contributed by atoms with E-state index in [1.807, 2.05) is 0 Å². The maximum atomic E-state index is 12.7. The Morgan fingerprint density at radius 1 is 1.11 bits per heavy atom. The first-order valence-electron chi connectivity index (χ1n) is 8.35. The first-order valence-corrected chi connectivity index (χ1v) is 9.14. The molecule has 2 aliphatic heterocycles. The van der Waals surface area contributed by atoms with Crippen LogP contribution in [-0.4, -0.2) is 51.0 Å². The van der Waals surface area contributed by atoms with Gasteiger partial charge in [0.1, 0.15) is 5.75 Å². The van der Waals surface area contributed by atoms with Crippen molar-refractivity contribution in [2.75, 3.05) is 13.1 Å². The minimum Gasteiger partial charge on any atom is -0.508 e. The highest BCUT2D eigenvalue weighted by atomic mass is 79.9. The summed E-state index contributed by atoms with van der Waals surface area (Å²) in [5, 5.41) is 20.0. The van der Waals surface area contributed by atoms with Gasteiger partial charge >= 0.3 is 6.09 Å². The van der Waals surface area contributed by atoms with Gasteiger partial charge in [-0.05, 0) is 36.2 Å². The van der Waals surface area contributed by atoms with Crippen molar-refractivity contribution in [2.45, 2.75) is 12.5 Å². The number of fused-ring (bicyclic) bond motifs is 2. The average molecular weight is 431 g/mol. The van der Waals surface area contributed by atoms with E-state index in [1.165, 1.54) is 6.07 Å². The zero-order valence-electron chi connectivity index (χ0n) is 14.1. The zero-order chi connectivity index (χ0) is 19.3. The van der Waals surface area contributed by atoms with Crippen LogP contribution in [0.4, 0.5) is 4.79 Å². The maximum Gasteiger partial charge on any atom is 0.407 e. The highest BCUT2D eigenvalue weighted by Gasteiger charge is 2.41. The van der Waals surface area contributed by atoms with Gasteiger partial charge in [0, 0.05) is 16.6 Å². The van der Waals surface area contributed by atoms with Crippen LogP contribution in [0.25, 0.3) is 0 Å². The van der Waals surface area contributed by atoms with Gasteiger partial charge in [0.25, 0.3) is 11.8 Å². The van der Waals surface area contributed by atoms with Gasteiger partial charge < -0.3 is 10.2 Å². The molecule has 0 saturated carbocycles. The number of amides is 3. The molecule has 138 valence electrons. The number of imide groups is 1. The van der Waals surface area contributed by atoms with Crippen LogP contribution in [-0.2, 0) is 6.42 Å². The second-order valence-electron chi connectivity index (χ2n) is 6.47. The number of carbonyl (C=O) groups excluding carboxylic acids is 2. The Kier molecular flexibility index (Phi) is 4.15. The molecule has 0 spiro atoms. The lowest BCUT2D eigenvalue weighted by atomic mass is 9.91. The number of rotatable bonds is 2. The van der Waals surface area contributed by atoms with E-state index >= 15 is 0 Å². The van der Waals surface area contributed by atoms with Gasteiger partial charge in [0.05, 0.1) is 23.7 Å². The molecule has 2 aliphatic rings. The highest BCUT2D eigenvalue weighted by molar-refractivity contribution is 9.10. The average Bonchev–Trinajstić information content (AvgIpc) is 2.89. The van der Waals surface area contributed by atoms with Crippen LogP contribution < -0.4 is 0 Å². The second kappa shape index (κ2) is 6.38. The molecule has 3 amide bonds. The molecule has 2 aromatic carbocycles. The minimum absolute atomic E-state index is 0.0549. The van der Waals surface area contributed by atoms with Crippen LogP contribution in [0.5, 0.6) is 5.75 Å². The van der Waals surface area contributed by atoms with Gasteiger partial charge in [-0.1, -0.05) is 28.1 Å². The quantitative estimate of drug-likeness (QED) is 0.713. The third kappa shape index (κ3) is 2.68. The number of hydrogen-bond donors (Lipinski definition) is 2. The number of aromatic hydroxyl groups is 1. The van der Waals surface area contributed by atoms with Crippen molar-refractivity contribution in [3.63, 3.8) is 0 Å². The maximum absolute atomic E-state index is 12.7. The second-order valence-corrected chi connectivity index (χ2v) is 7.32. The van der Waals surface area contributed by atoms with Crippen LogP contribution in [0.1, 0.15) is 37.9 Å². The molecule has 0 unspecified atom stereocenters. The first kappa shape index (κ1) is 17.5. The van der Waals surface area contributed by atoms with Crippen LogP contribution in [0.2, 0.25) is 0 Å². The largest absolute Gasteiger partial charge is 0.508 e. The van der Waals surface area contributed by atoms with Gasteiger partial charge in [-0.2, -0.15) is 0 Å². The Morgan fingerprint density at radius 2 is 1.74 bits per heavy atom. The standard InChI is InChI=1S/C19H15BrN2O5/c20-13-5-6-15(23)16-12(13)7-8-21(19(26)27)14(16)9-22-17(24)10-3-1-2-4-11(10)18(22)25/h1-6,14,23H,7-9H2,(H,26,27)/t14-/m1/s1. The normalized spacial score (nSPS) is 18.5. The van der Waals surface area contributed by atoms with E-state index < -0.39 is 23.9 Å². The molecule has 4 rings (SSSR count). The SMILES string of the molecule is O=C1c2ccccc2C(=O)N1C[C@@H]1c2c(O)ccc(Br)c2CCN1C(=O)O. The summed E-state index contributed by atoms with van der Waals surface area (Å²) in [4.78, 5) is 39.4. The molecular weight excluding hydrogens is 416 g/mol. The summed E-state index contributed by atoms with van der Waals surface area (Å²) in [7, 11) is 0. The number of nitrogens with zero attached hydrogens (tertiary/aromatic N) is 2. The number of halogens is 1. The summed E-state index contributed by atoms with van der Waals surface area (Å²) < 4.78 is 0.757. The molecular formula is C19H15BrN2O5. The Bertz CT molecular complexity index is 955. The van der Waals surface area contributed by atoms with E-state index in [9.17, 15) is 24.6 Å². The molecule has 0 saturated heterocycles. The molecule has 8 heteroatoms. The van der Waals surface area contributed by atoms with Gasteiger partial charge in [-0.25, -0.2) is 4.79 Å². The summed E-state index contributed by atoms with van der Waals surface area (Å²) in [5.74, 6) is -0.967. The molecule has 7 nitrogen and oxygen atoms in total. The number of hydrogen-bond acceptors (Lipinski definition) is 4. The van der Waals surface area contributed by atoms with Crippen LogP contribution in [0.3, 0.4) is 0 Å². The summed E-state index contributed by atoms with van der Waals surface area (Å²) in [6.45, 7) is 0.0495. The molecule has 0 radical (unpaired) electrons. The van der Waals surface area contributed by atoms with Crippen molar-refractivity contribution in [1.29, 1.82) is 0 Å². The lowest BCUT2D eigenvalue weighted by molar-refractivity contribution is 0.0566. The van der Waals surface area contributed by atoms with Crippen molar-refractivity contribution >= 4 is 33.8 Å². The molecule has 2 aromatic rings. The Hall–Kier alpha value is -2.87. The monoisotopic (exact) mass is 430 g/mol. The third-order valence-corrected chi connectivity index (χ3v) is 5.81. The van der Waals surface area contributed by atoms with Crippen molar-refractivity contribution < 1.29 is 24.6 Å². The zero-order valence-corrected chi connectivity index (χ0v) is 15.6. The van der Waals surface area contributed by atoms with Crippen molar-refractivity contribution in [1.82, 2.24) is 9.80 Å². The molecule has 1 atom stereocenters. The predicted molar refractivity (Wildman–Crippen MR) is 98.8 cm³/mol. The molecule has 2 N–H and O–H groups in total. The van der Waals surface area contributed by atoms with E-state index in [4.69, 9.17) is 0 Å². The molecule has 0 bridgehead atoms. The Balaban J connectivity index is 1.77. The van der Waals surface area contributed by atoms with Crippen molar-refractivity contribution in [3.8, 4) is 5.75 Å². The summed E-state index contributed by atoms with van der Waals surface area (Å²) in [5.41, 5.74) is 1.82. The van der Waals surface area contributed by atoms with Crippen molar-refractivity contribution in [2.24, 2.45) is 0 Å². The van der Waals surface area contributed by atoms with E-state index in [0.717, 1.165) is 19.8 Å². The summed E-state index contributed by atoms with van der Waals surface area (Å²) in [6, 6.07) is 8.84. The smallest absolute Gasteiger partial charge is 0.407 e. The van der Waals surface area contributed by atoms with Crippen LogP contribution >= 0.6 is 15.9 Å². The van der Waals surface area contributed by atoms with Gasteiger partial charge in [-0.3, -0.25) is 19.4 Å². The fourth-order valence-electron chi connectivity index (χ4n) is 3.79. The number of benzene rings is 2. The fourth-order valence-corrected chi connectivity index (χ4v) is 4.34. The van der Waals surface area contributed by atoms with Crippen LogP contribution in [0, 0.1) is 0 Å². The molecule has 27 heavy (non-hydrogen) atoms. The Morgan fingerprint density at radius 3 is 2.33 bits per heavy atom.